The summed E-state index contributed by atoms with van der Waals surface area (Å²) in [5, 5.41) is 3.28. The van der Waals surface area contributed by atoms with Gasteiger partial charge in [-0.2, -0.15) is 4.98 Å². The molecular weight excluding hydrogens is 536 g/mol. The number of rotatable bonds is 7. The van der Waals surface area contributed by atoms with Gasteiger partial charge >= 0.3 is 5.69 Å². The molecule has 220 valence electrons. The number of fused-ring (bicyclic) bond motifs is 2. The molecule has 6 rings (SSSR count). The Bertz CT molecular complexity index is 1540. The van der Waals surface area contributed by atoms with Crippen LogP contribution >= 0.6 is 0 Å². The number of anilines is 2. The van der Waals surface area contributed by atoms with Crippen LogP contribution in [0.25, 0.3) is 11.1 Å². The second kappa shape index (κ2) is 12.2. The van der Waals surface area contributed by atoms with E-state index in [4.69, 9.17) is 20.9 Å². The number of hydrogen-bond acceptors (Lipinski definition) is 8. The number of amides is 1. The molecule has 0 unspecified atom stereocenters. The molecule has 12 heteroatoms. The number of nitrogens with one attached hydrogen (secondary N) is 1. The summed E-state index contributed by atoms with van der Waals surface area (Å²) in [5.74, 6) is 1.69. The highest BCUT2D eigenvalue weighted by Gasteiger charge is 2.26. The molecule has 4 heterocycles. The van der Waals surface area contributed by atoms with Crippen LogP contribution in [-0.2, 0) is 4.74 Å². The second-order valence-electron chi connectivity index (χ2n) is 10.8. The van der Waals surface area contributed by atoms with Crippen molar-refractivity contribution in [3.63, 3.8) is 0 Å². The van der Waals surface area contributed by atoms with E-state index < -0.39 is 0 Å². The molecular formula is C30H36N8O4. The van der Waals surface area contributed by atoms with Crippen LogP contribution in [0.3, 0.4) is 0 Å². The number of guanidine groups is 1. The average Bonchev–Trinajstić information content (AvgIpc) is 3.02. The maximum Gasteiger partial charge on any atom is 0.350 e. The van der Waals surface area contributed by atoms with Crippen LogP contribution < -0.4 is 27.2 Å². The minimum Gasteiger partial charge on any atom is -0.450 e. The molecule has 0 saturated carbocycles. The van der Waals surface area contributed by atoms with E-state index in [2.05, 4.69) is 20.2 Å². The lowest BCUT2D eigenvalue weighted by atomic mass is 10.0. The molecule has 0 atom stereocenters. The minimum absolute atomic E-state index is 0.00231. The van der Waals surface area contributed by atoms with Crippen molar-refractivity contribution in [1.29, 1.82) is 0 Å². The third-order valence-electron chi connectivity index (χ3n) is 7.99. The van der Waals surface area contributed by atoms with Crippen molar-refractivity contribution in [3.05, 3.63) is 64.7 Å². The number of ether oxygens (including phenoxy) is 2. The Kier molecular flexibility index (Phi) is 8.06. The fourth-order valence-electron chi connectivity index (χ4n) is 5.72. The van der Waals surface area contributed by atoms with Gasteiger partial charge in [-0.3, -0.25) is 14.4 Å². The Morgan fingerprint density at radius 1 is 1.02 bits per heavy atom. The zero-order valence-corrected chi connectivity index (χ0v) is 23.5. The van der Waals surface area contributed by atoms with Gasteiger partial charge in [0.25, 0.3) is 5.91 Å². The summed E-state index contributed by atoms with van der Waals surface area (Å²) in [6.07, 6.45) is 4.36. The molecule has 3 aromatic rings. The third kappa shape index (κ3) is 6.09. The van der Waals surface area contributed by atoms with Gasteiger partial charge in [0.2, 0.25) is 0 Å². The SMILES string of the molecule is NC(N)=NCCCN1CCC(n2cc3c(nc2=O)Nc2cc(-c4cccc(C(=O)N5CCOCC5)c4)ccc2O3)CC1. The van der Waals surface area contributed by atoms with Gasteiger partial charge in [0.05, 0.1) is 25.1 Å². The van der Waals surface area contributed by atoms with Crippen molar-refractivity contribution in [2.75, 3.05) is 57.8 Å². The van der Waals surface area contributed by atoms with Crippen molar-refractivity contribution >= 4 is 23.4 Å². The van der Waals surface area contributed by atoms with Gasteiger partial charge in [-0.05, 0) is 61.2 Å². The molecule has 0 radical (unpaired) electrons. The fraction of sp³-hybridized carbons (Fsp3) is 0.400. The number of likely N-dealkylation sites (tertiary alicyclic amines) is 1. The normalized spacial score (nSPS) is 17.0. The molecule has 0 bridgehead atoms. The molecule has 2 saturated heterocycles. The van der Waals surface area contributed by atoms with E-state index in [0.717, 1.165) is 50.0 Å². The van der Waals surface area contributed by atoms with E-state index in [0.29, 0.717) is 61.4 Å². The first-order valence-electron chi connectivity index (χ1n) is 14.4. The van der Waals surface area contributed by atoms with Gasteiger partial charge in [0.1, 0.15) is 0 Å². The van der Waals surface area contributed by atoms with Crippen LogP contribution in [0.1, 0.15) is 35.7 Å². The maximum absolute atomic E-state index is 13.0. The molecule has 1 aromatic heterocycles. The predicted molar refractivity (Wildman–Crippen MR) is 160 cm³/mol. The minimum atomic E-state index is -0.301. The van der Waals surface area contributed by atoms with Crippen LogP contribution in [0.4, 0.5) is 11.5 Å². The number of carbonyl (C=O) groups excluding carboxylic acids is 1. The lowest BCUT2D eigenvalue weighted by Crippen LogP contribution is -2.40. The number of aliphatic imine (C=N–C) groups is 1. The molecule has 2 aromatic carbocycles. The zero-order chi connectivity index (χ0) is 29.1. The second-order valence-corrected chi connectivity index (χ2v) is 10.8. The Hall–Kier alpha value is -4.42. The van der Waals surface area contributed by atoms with Gasteiger partial charge in [-0.25, -0.2) is 4.79 Å². The van der Waals surface area contributed by atoms with E-state index in [1.54, 1.807) is 10.8 Å². The smallest absolute Gasteiger partial charge is 0.350 e. The lowest BCUT2D eigenvalue weighted by Gasteiger charge is -2.33. The number of carbonyl (C=O) groups is 1. The van der Waals surface area contributed by atoms with Crippen LogP contribution in [-0.4, -0.2) is 83.7 Å². The topological polar surface area (TPSA) is 153 Å². The monoisotopic (exact) mass is 572 g/mol. The first-order valence-corrected chi connectivity index (χ1v) is 14.4. The van der Waals surface area contributed by atoms with E-state index in [-0.39, 0.29) is 23.6 Å². The van der Waals surface area contributed by atoms with Gasteiger partial charge in [-0.15, -0.1) is 0 Å². The highest BCUT2D eigenvalue weighted by molar-refractivity contribution is 5.95. The number of morpholine rings is 1. The van der Waals surface area contributed by atoms with Crippen LogP contribution in [0.2, 0.25) is 0 Å². The summed E-state index contributed by atoms with van der Waals surface area (Å²) in [7, 11) is 0. The Balaban J connectivity index is 1.13. The van der Waals surface area contributed by atoms with Crippen molar-refractivity contribution < 1.29 is 14.3 Å². The highest BCUT2D eigenvalue weighted by atomic mass is 16.5. The summed E-state index contributed by atoms with van der Waals surface area (Å²) in [6, 6.07) is 13.5. The molecule has 1 amide bonds. The number of piperidine rings is 1. The van der Waals surface area contributed by atoms with Crippen LogP contribution in [0, 0.1) is 0 Å². The number of aromatic nitrogens is 2. The van der Waals surface area contributed by atoms with E-state index in [1.165, 1.54) is 0 Å². The van der Waals surface area contributed by atoms with Gasteiger partial charge in [0, 0.05) is 44.3 Å². The van der Waals surface area contributed by atoms with Gasteiger partial charge in [0.15, 0.2) is 23.3 Å². The van der Waals surface area contributed by atoms with E-state index >= 15 is 0 Å². The van der Waals surface area contributed by atoms with Gasteiger partial charge in [-0.1, -0.05) is 18.2 Å². The molecule has 0 aliphatic carbocycles. The molecule has 5 N–H and O–H groups in total. The molecule has 3 aliphatic heterocycles. The Morgan fingerprint density at radius 2 is 1.81 bits per heavy atom. The summed E-state index contributed by atoms with van der Waals surface area (Å²) in [5.41, 5.74) is 13.7. The molecule has 42 heavy (non-hydrogen) atoms. The fourth-order valence-corrected chi connectivity index (χ4v) is 5.72. The Labute approximate surface area is 243 Å². The van der Waals surface area contributed by atoms with Crippen molar-refractivity contribution in [3.8, 4) is 22.6 Å². The first-order chi connectivity index (χ1) is 20.4. The first kappa shape index (κ1) is 27.7. The molecule has 2 fully saturated rings. The van der Waals surface area contributed by atoms with Crippen LogP contribution in [0.5, 0.6) is 11.5 Å². The van der Waals surface area contributed by atoms with Gasteiger partial charge < -0.3 is 36.1 Å². The summed E-state index contributed by atoms with van der Waals surface area (Å²) >= 11 is 0. The molecule has 0 spiro atoms. The average molecular weight is 573 g/mol. The summed E-state index contributed by atoms with van der Waals surface area (Å²) < 4.78 is 13.3. The molecule has 12 nitrogen and oxygen atoms in total. The van der Waals surface area contributed by atoms with E-state index in [9.17, 15) is 9.59 Å². The predicted octanol–water partition coefficient (Wildman–Crippen LogP) is 2.53. The lowest BCUT2D eigenvalue weighted by molar-refractivity contribution is 0.0303. The standard InChI is InChI=1S/C30H36N8O4/c31-29(32)33-9-2-10-36-11-7-23(8-12-36)38-19-26-27(35-30(38)40)34-24-18-21(5-6-25(24)42-26)20-3-1-4-22(17-20)28(39)37-13-15-41-16-14-37/h1,3-6,17-19,23H,2,7-16H2,(H4,31,32,33)(H,34,35,40). The highest BCUT2D eigenvalue weighted by Crippen LogP contribution is 2.42. The number of nitrogens with zero attached hydrogens (tertiary/aromatic N) is 5. The number of benzene rings is 2. The van der Waals surface area contributed by atoms with E-state index in [1.807, 2.05) is 47.4 Å². The molecule has 3 aliphatic rings. The maximum atomic E-state index is 13.0. The van der Waals surface area contributed by atoms with Crippen molar-refractivity contribution in [2.45, 2.75) is 25.3 Å². The van der Waals surface area contributed by atoms with Crippen LogP contribution in [0.15, 0.2) is 58.4 Å². The number of hydrogen-bond donors (Lipinski definition) is 3. The third-order valence-corrected chi connectivity index (χ3v) is 7.99. The Morgan fingerprint density at radius 3 is 2.60 bits per heavy atom. The van der Waals surface area contributed by atoms with Crippen molar-refractivity contribution in [1.82, 2.24) is 19.4 Å². The zero-order valence-electron chi connectivity index (χ0n) is 23.5. The van der Waals surface area contributed by atoms with Crippen molar-refractivity contribution in [2.24, 2.45) is 16.5 Å². The largest absolute Gasteiger partial charge is 0.450 e. The summed E-state index contributed by atoms with van der Waals surface area (Å²) in [4.78, 5) is 38.6. The summed E-state index contributed by atoms with van der Waals surface area (Å²) in [6.45, 7) is 5.62. The quantitative estimate of drug-likeness (QED) is 0.172. The number of nitrogens with two attached hydrogens (primary N) is 2.